The van der Waals surface area contributed by atoms with Crippen LogP contribution in [0.2, 0.25) is 5.02 Å². The molecule has 0 saturated heterocycles. The number of amides is 2. The SMILES string of the molecule is COc1ccccc1CNC(=O)CN(CCc1ccc(Cl)cc1)C(C)=O. The lowest BCUT2D eigenvalue weighted by atomic mass is 10.1. The fourth-order valence-corrected chi connectivity index (χ4v) is 2.66. The highest BCUT2D eigenvalue weighted by molar-refractivity contribution is 6.30. The van der Waals surface area contributed by atoms with Crippen molar-refractivity contribution in [2.24, 2.45) is 0 Å². The molecule has 0 saturated carbocycles. The third-order valence-corrected chi connectivity index (χ3v) is 4.28. The van der Waals surface area contributed by atoms with Crippen LogP contribution in [-0.4, -0.2) is 36.9 Å². The maximum absolute atomic E-state index is 12.2. The summed E-state index contributed by atoms with van der Waals surface area (Å²) in [5.41, 5.74) is 1.95. The molecule has 1 N–H and O–H groups in total. The summed E-state index contributed by atoms with van der Waals surface area (Å²) in [6, 6.07) is 15.0. The van der Waals surface area contributed by atoms with Crippen molar-refractivity contribution in [3.05, 3.63) is 64.7 Å². The fourth-order valence-electron chi connectivity index (χ4n) is 2.54. The van der Waals surface area contributed by atoms with Crippen molar-refractivity contribution < 1.29 is 14.3 Å². The van der Waals surface area contributed by atoms with Gasteiger partial charge in [0.2, 0.25) is 11.8 Å². The van der Waals surface area contributed by atoms with Crippen molar-refractivity contribution in [1.82, 2.24) is 10.2 Å². The first-order valence-electron chi connectivity index (χ1n) is 8.38. The molecule has 0 fully saturated rings. The molecule has 0 aliphatic carbocycles. The summed E-state index contributed by atoms with van der Waals surface area (Å²) in [5, 5.41) is 3.51. The van der Waals surface area contributed by atoms with E-state index >= 15 is 0 Å². The number of nitrogens with zero attached hydrogens (tertiary/aromatic N) is 1. The minimum absolute atomic E-state index is 0.0259. The van der Waals surface area contributed by atoms with Crippen molar-refractivity contribution in [1.29, 1.82) is 0 Å². The summed E-state index contributed by atoms with van der Waals surface area (Å²) in [6.45, 7) is 2.32. The number of carbonyl (C=O) groups is 2. The van der Waals surface area contributed by atoms with Crippen LogP contribution in [0.3, 0.4) is 0 Å². The van der Waals surface area contributed by atoms with Gasteiger partial charge in [0.05, 0.1) is 13.7 Å². The Morgan fingerprint density at radius 2 is 1.81 bits per heavy atom. The Bertz CT molecular complexity index is 747. The Kier molecular flexibility index (Phi) is 7.48. The molecule has 2 aromatic rings. The molecule has 2 amide bonds. The standard InChI is InChI=1S/C20H23ClN2O3/c1-15(24)23(12-11-16-7-9-18(21)10-8-16)14-20(25)22-13-17-5-3-4-6-19(17)26-2/h3-10H,11-14H2,1-2H3,(H,22,25). The number of rotatable bonds is 8. The molecule has 0 bridgehead atoms. The van der Waals surface area contributed by atoms with E-state index in [0.29, 0.717) is 24.5 Å². The molecule has 5 nitrogen and oxygen atoms in total. The van der Waals surface area contributed by atoms with Gasteiger partial charge in [-0.25, -0.2) is 0 Å². The van der Waals surface area contributed by atoms with Crippen LogP contribution in [0.4, 0.5) is 0 Å². The summed E-state index contributed by atoms with van der Waals surface area (Å²) >= 11 is 5.87. The van der Waals surface area contributed by atoms with E-state index in [4.69, 9.17) is 16.3 Å². The second kappa shape index (κ2) is 9.82. The Morgan fingerprint density at radius 1 is 1.12 bits per heavy atom. The minimum Gasteiger partial charge on any atom is -0.496 e. The molecule has 138 valence electrons. The van der Waals surface area contributed by atoms with E-state index < -0.39 is 0 Å². The van der Waals surface area contributed by atoms with Gasteiger partial charge in [-0.05, 0) is 30.2 Å². The van der Waals surface area contributed by atoms with Crippen molar-refractivity contribution in [2.75, 3.05) is 20.2 Å². The molecule has 0 unspecified atom stereocenters. The van der Waals surface area contributed by atoms with E-state index in [-0.39, 0.29) is 18.4 Å². The monoisotopic (exact) mass is 374 g/mol. The zero-order chi connectivity index (χ0) is 18.9. The van der Waals surface area contributed by atoms with Crippen LogP contribution in [0.15, 0.2) is 48.5 Å². The first-order valence-corrected chi connectivity index (χ1v) is 8.76. The summed E-state index contributed by atoms with van der Waals surface area (Å²) in [5.74, 6) is 0.382. The zero-order valence-electron chi connectivity index (χ0n) is 15.0. The highest BCUT2D eigenvalue weighted by Gasteiger charge is 2.14. The van der Waals surface area contributed by atoms with E-state index in [1.54, 1.807) is 7.11 Å². The van der Waals surface area contributed by atoms with Crippen molar-refractivity contribution in [3.8, 4) is 5.75 Å². The number of methoxy groups -OCH3 is 1. The van der Waals surface area contributed by atoms with Gasteiger partial charge in [0.25, 0.3) is 0 Å². The number of benzene rings is 2. The molecule has 6 heteroatoms. The fraction of sp³-hybridized carbons (Fsp3) is 0.300. The average Bonchev–Trinajstić information content (AvgIpc) is 2.64. The number of ether oxygens (including phenoxy) is 1. The van der Waals surface area contributed by atoms with E-state index in [0.717, 1.165) is 16.9 Å². The smallest absolute Gasteiger partial charge is 0.239 e. The topological polar surface area (TPSA) is 58.6 Å². The van der Waals surface area contributed by atoms with Gasteiger partial charge in [-0.1, -0.05) is 41.9 Å². The van der Waals surface area contributed by atoms with Crippen molar-refractivity contribution >= 4 is 23.4 Å². The van der Waals surface area contributed by atoms with Crippen LogP contribution in [0, 0.1) is 0 Å². The van der Waals surface area contributed by atoms with Gasteiger partial charge in [-0.15, -0.1) is 0 Å². The van der Waals surface area contributed by atoms with Gasteiger partial charge in [0, 0.05) is 30.6 Å². The molecular weight excluding hydrogens is 352 g/mol. The van der Waals surface area contributed by atoms with Crippen molar-refractivity contribution in [2.45, 2.75) is 19.9 Å². The van der Waals surface area contributed by atoms with Crippen LogP contribution in [-0.2, 0) is 22.6 Å². The van der Waals surface area contributed by atoms with E-state index in [9.17, 15) is 9.59 Å². The van der Waals surface area contributed by atoms with Crippen LogP contribution in [0.1, 0.15) is 18.1 Å². The Labute approximate surface area is 158 Å². The number of hydrogen-bond donors (Lipinski definition) is 1. The number of hydrogen-bond acceptors (Lipinski definition) is 3. The third-order valence-electron chi connectivity index (χ3n) is 4.03. The average molecular weight is 375 g/mol. The lowest BCUT2D eigenvalue weighted by molar-refractivity contribution is -0.134. The summed E-state index contributed by atoms with van der Waals surface area (Å²) in [7, 11) is 1.59. The second-order valence-electron chi connectivity index (χ2n) is 5.91. The number of carbonyl (C=O) groups excluding carboxylic acids is 2. The van der Waals surface area contributed by atoms with Gasteiger partial charge < -0.3 is 15.0 Å². The lowest BCUT2D eigenvalue weighted by Crippen LogP contribution is -2.40. The predicted octanol–water partition coefficient (Wildman–Crippen LogP) is 3.06. The second-order valence-corrected chi connectivity index (χ2v) is 6.34. The minimum atomic E-state index is -0.206. The molecule has 2 aromatic carbocycles. The van der Waals surface area contributed by atoms with Gasteiger partial charge in [0.1, 0.15) is 5.75 Å². The van der Waals surface area contributed by atoms with Crippen molar-refractivity contribution in [3.63, 3.8) is 0 Å². The van der Waals surface area contributed by atoms with Gasteiger partial charge in [-0.3, -0.25) is 9.59 Å². The first-order chi connectivity index (χ1) is 12.5. The lowest BCUT2D eigenvalue weighted by Gasteiger charge is -2.20. The van der Waals surface area contributed by atoms with Crippen LogP contribution in [0.5, 0.6) is 5.75 Å². The van der Waals surface area contributed by atoms with Gasteiger partial charge in [0.15, 0.2) is 0 Å². The van der Waals surface area contributed by atoms with Crippen LogP contribution in [0.25, 0.3) is 0 Å². The van der Waals surface area contributed by atoms with Crippen LogP contribution >= 0.6 is 11.6 Å². The molecule has 0 aromatic heterocycles. The van der Waals surface area contributed by atoms with Gasteiger partial charge in [-0.2, -0.15) is 0 Å². The zero-order valence-corrected chi connectivity index (χ0v) is 15.8. The molecule has 0 radical (unpaired) electrons. The summed E-state index contributed by atoms with van der Waals surface area (Å²) < 4.78 is 5.27. The quantitative estimate of drug-likeness (QED) is 0.772. The molecule has 0 heterocycles. The molecule has 2 rings (SSSR count). The van der Waals surface area contributed by atoms with E-state index in [1.165, 1.54) is 11.8 Å². The molecule has 0 aliphatic heterocycles. The van der Waals surface area contributed by atoms with E-state index in [1.807, 2.05) is 48.5 Å². The third kappa shape index (κ3) is 6.08. The number of halogens is 1. The molecule has 0 spiro atoms. The predicted molar refractivity (Wildman–Crippen MR) is 102 cm³/mol. The maximum atomic E-state index is 12.2. The highest BCUT2D eigenvalue weighted by Crippen LogP contribution is 2.16. The van der Waals surface area contributed by atoms with Gasteiger partial charge >= 0.3 is 0 Å². The number of nitrogens with one attached hydrogen (secondary N) is 1. The molecule has 26 heavy (non-hydrogen) atoms. The van der Waals surface area contributed by atoms with Crippen LogP contribution < -0.4 is 10.1 Å². The summed E-state index contributed by atoms with van der Waals surface area (Å²) in [6.07, 6.45) is 0.663. The molecular formula is C20H23ClN2O3. The maximum Gasteiger partial charge on any atom is 0.239 e. The Balaban J connectivity index is 1.87. The summed E-state index contributed by atoms with van der Waals surface area (Å²) in [4.78, 5) is 25.6. The molecule has 0 aliphatic rings. The molecule has 0 atom stereocenters. The first kappa shape index (κ1) is 19.8. The largest absolute Gasteiger partial charge is 0.496 e. The Morgan fingerprint density at radius 3 is 2.46 bits per heavy atom. The van der Waals surface area contributed by atoms with E-state index in [2.05, 4.69) is 5.32 Å². The number of para-hydroxylation sites is 1. The normalized spacial score (nSPS) is 10.3. The Hall–Kier alpha value is -2.53. The highest BCUT2D eigenvalue weighted by atomic mass is 35.5.